The quantitative estimate of drug-likeness (QED) is 0.792. The zero-order chi connectivity index (χ0) is 13.1. The number of nitrogens with zero attached hydrogens (tertiary/aromatic N) is 1. The molecular weight excluding hydrogens is 208 g/mol. The highest BCUT2D eigenvalue weighted by Crippen LogP contribution is 2.39. The van der Waals surface area contributed by atoms with Crippen LogP contribution in [0.25, 0.3) is 0 Å². The molecule has 0 radical (unpaired) electrons. The number of carbonyl (C=O) groups is 2. The van der Waals surface area contributed by atoms with Gasteiger partial charge < -0.3 is 15.4 Å². The maximum absolute atomic E-state index is 12.1. The van der Waals surface area contributed by atoms with Gasteiger partial charge >= 0.3 is 6.09 Å². The van der Waals surface area contributed by atoms with Crippen molar-refractivity contribution in [2.45, 2.75) is 27.7 Å². The van der Waals surface area contributed by atoms with Crippen LogP contribution in [0.2, 0.25) is 0 Å². The average molecular weight is 230 g/mol. The molecule has 0 aromatic carbocycles. The number of amides is 2. The standard InChI is InChI=1S/C11H22N2O3/c1-10(2,3)11(4,7-16-9(12)15)8(14)13(5)6/h7H2,1-6H3,(H2,12,15)/t11-/m1/s1. The molecule has 0 rings (SSSR count). The lowest BCUT2D eigenvalue weighted by Gasteiger charge is -2.41. The van der Waals surface area contributed by atoms with Gasteiger partial charge in [-0.05, 0) is 12.3 Å². The summed E-state index contributed by atoms with van der Waals surface area (Å²) in [5.41, 5.74) is 3.82. The molecule has 2 amide bonds. The van der Waals surface area contributed by atoms with Crippen LogP contribution in [-0.4, -0.2) is 37.6 Å². The van der Waals surface area contributed by atoms with E-state index in [2.05, 4.69) is 0 Å². The Labute approximate surface area is 96.9 Å². The highest BCUT2D eigenvalue weighted by atomic mass is 16.5. The van der Waals surface area contributed by atoms with E-state index in [4.69, 9.17) is 10.5 Å². The summed E-state index contributed by atoms with van der Waals surface area (Å²) < 4.78 is 4.80. The van der Waals surface area contributed by atoms with E-state index in [1.165, 1.54) is 4.90 Å². The second-order valence-corrected chi connectivity index (χ2v) is 5.39. The van der Waals surface area contributed by atoms with Gasteiger partial charge in [-0.15, -0.1) is 0 Å². The molecule has 2 N–H and O–H groups in total. The van der Waals surface area contributed by atoms with Crippen LogP contribution in [0.1, 0.15) is 27.7 Å². The Morgan fingerprint density at radius 2 is 1.62 bits per heavy atom. The first kappa shape index (κ1) is 14.7. The first-order valence-corrected chi connectivity index (χ1v) is 5.16. The van der Waals surface area contributed by atoms with E-state index in [9.17, 15) is 9.59 Å². The number of ether oxygens (including phenoxy) is 1. The molecule has 0 saturated carbocycles. The van der Waals surface area contributed by atoms with E-state index >= 15 is 0 Å². The minimum Gasteiger partial charge on any atom is -0.449 e. The van der Waals surface area contributed by atoms with Crippen molar-refractivity contribution in [3.05, 3.63) is 0 Å². The monoisotopic (exact) mass is 230 g/mol. The van der Waals surface area contributed by atoms with Crippen LogP contribution in [0, 0.1) is 10.8 Å². The Morgan fingerprint density at radius 3 is 1.88 bits per heavy atom. The first-order chi connectivity index (χ1) is 7.02. The number of rotatable bonds is 3. The smallest absolute Gasteiger partial charge is 0.404 e. The lowest BCUT2D eigenvalue weighted by Crippen LogP contribution is -2.50. The van der Waals surface area contributed by atoms with Gasteiger partial charge in [0.1, 0.15) is 6.61 Å². The van der Waals surface area contributed by atoms with Crippen LogP contribution in [0.4, 0.5) is 4.79 Å². The van der Waals surface area contributed by atoms with Crippen LogP contribution in [-0.2, 0) is 9.53 Å². The molecule has 0 aliphatic carbocycles. The molecule has 94 valence electrons. The number of nitrogens with two attached hydrogens (primary N) is 1. The molecule has 0 saturated heterocycles. The van der Waals surface area contributed by atoms with E-state index in [-0.39, 0.29) is 17.9 Å². The van der Waals surface area contributed by atoms with Crippen LogP contribution in [0.3, 0.4) is 0 Å². The summed E-state index contributed by atoms with van der Waals surface area (Å²) in [4.78, 5) is 24.3. The van der Waals surface area contributed by atoms with Crippen LogP contribution < -0.4 is 5.73 Å². The van der Waals surface area contributed by atoms with E-state index in [1.54, 1.807) is 21.0 Å². The summed E-state index contributed by atoms with van der Waals surface area (Å²) in [6, 6.07) is 0. The maximum atomic E-state index is 12.1. The summed E-state index contributed by atoms with van der Waals surface area (Å²) in [5, 5.41) is 0. The number of primary amides is 1. The summed E-state index contributed by atoms with van der Waals surface area (Å²) >= 11 is 0. The van der Waals surface area contributed by atoms with Gasteiger partial charge in [0.25, 0.3) is 0 Å². The Bertz CT molecular complexity index is 281. The van der Waals surface area contributed by atoms with E-state index in [0.717, 1.165) is 0 Å². The Kier molecular flexibility index (Phi) is 4.35. The maximum Gasteiger partial charge on any atom is 0.404 e. The normalized spacial score (nSPS) is 15.1. The summed E-state index contributed by atoms with van der Waals surface area (Å²) in [5.74, 6) is -0.0822. The van der Waals surface area contributed by atoms with E-state index < -0.39 is 11.5 Å². The van der Waals surface area contributed by atoms with Crippen molar-refractivity contribution in [2.75, 3.05) is 20.7 Å². The zero-order valence-corrected chi connectivity index (χ0v) is 11.0. The lowest BCUT2D eigenvalue weighted by molar-refractivity contribution is -0.148. The zero-order valence-electron chi connectivity index (χ0n) is 11.0. The van der Waals surface area contributed by atoms with Gasteiger partial charge in [0.05, 0.1) is 5.41 Å². The summed E-state index contributed by atoms with van der Waals surface area (Å²) in [7, 11) is 3.35. The number of hydrogen-bond acceptors (Lipinski definition) is 3. The fourth-order valence-corrected chi connectivity index (χ4v) is 1.31. The third-order valence-electron chi connectivity index (χ3n) is 3.04. The van der Waals surface area contributed by atoms with Crippen LogP contribution in [0.5, 0.6) is 0 Å². The summed E-state index contributed by atoms with van der Waals surface area (Å²) in [6.45, 7) is 7.55. The van der Waals surface area contributed by atoms with Crippen molar-refractivity contribution in [3.8, 4) is 0 Å². The second kappa shape index (κ2) is 4.72. The molecule has 0 aromatic rings. The molecule has 0 bridgehead atoms. The lowest BCUT2D eigenvalue weighted by atomic mass is 9.67. The van der Waals surface area contributed by atoms with E-state index in [0.29, 0.717) is 0 Å². The van der Waals surface area contributed by atoms with Gasteiger partial charge in [-0.3, -0.25) is 4.79 Å². The molecule has 0 fully saturated rings. The Morgan fingerprint density at radius 1 is 1.19 bits per heavy atom. The van der Waals surface area contributed by atoms with Crippen molar-refractivity contribution in [3.63, 3.8) is 0 Å². The van der Waals surface area contributed by atoms with Gasteiger partial charge in [0, 0.05) is 14.1 Å². The molecule has 0 unspecified atom stereocenters. The predicted octanol–water partition coefficient (Wildman–Crippen LogP) is 1.22. The fourth-order valence-electron chi connectivity index (χ4n) is 1.31. The van der Waals surface area contributed by atoms with Crippen LogP contribution in [0.15, 0.2) is 0 Å². The van der Waals surface area contributed by atoms with Gasteiger partial charge in [0.15, 0.2) is 0 Å². The molecule has 0 aromatic heterocycles. The molecule has 16 heavy (non-hydrogen) atoms. The highest BCUT2D eigenvalue weighted by Gasteiger charge is 2.46. The largest absolute Gasteiger partial charge is 0.449 e. The van der Waals surface area contributed by atoms with Crippen molar-refractivity contribution < 1.29 is 14.3 Å². The summed E-state index contributed by atoms with van der Waals surface area (Å²) in [6.07, 6.45) is -0.859. The first-order valence-electron chi connectivity index (χ1n) is 5.16. The Balaban J connectivity index is 5.05. The molecule has 0 aliphatic rings. The van der Waals surface area contributed by atoms with Gasteiger partial charge in [0.2, 0.25) is 5.91 Å². The SMILES string of the molecule is CN(C)C(=O)[C@@](C)(COC(N)=O)C(C)(C)C. The van der Waals surface area contributed by atoms with Gasteiger partial charge in [-0.25, -0.2) is 4.79 Å². The van der Waals surface area contributed by atoms with Crippen molar-refractivity contribution in [2.24, 2.45) is 16.6 Å². The van der Waals surface area contributed by atoms with Crippen LogP contribution >= 0.6 is 0 Å². The Hall–Kier alpha value is -1.26. The molecule has 0 spiro atoms. The predicted molar refractivity (Wildman–Crippen MR) is 61.8 cm³/mol. The molecule has 5 nitrogen and oxygen atoms in total. The van der Waals surface area contributed by atoms with Gasteiger partial charge in [-0.1, -0.05) is 20.8 Å². The number of hydrogen-bond donors (Lipinski definition) is 1. The number of carbonyl (C=O) groups excluding carboxylic acids is 2. The second-order valence-electron chi connectivity index (χ2n) is 5.39. The molecular formula is C11H22N2O3. The highest BCUT2D eigenvalue weighted by molar-refractivity contribution is 5.83. The fraction of sp³-hybridized carbons (Fsp3) is 0.818. The third-order valence-corrected chi connectivity index (χ3v) is 3.04. The third kappa shape index (κ3) is 3.12. The molecule has 0 heterocycles. The van der Waals surface area contributed by atoms with Crippen molar-refractivity contribution >= 4 is 12.0 Å². The average Bonchev–Trinajstić information content (AvgIpc) is 2.10. The minimum atomic E-state index is -0.859. The van der Waals surface area contributed by atoms with Crippen molar-refractivity contribution in [1.29, 1.82) is 0 Å². The van der Waals surface area contributed by atoms with Gasteiger partial charge in [-0.2, -0.15) is 0 Å². The van der Waals surface area contributed by atoms with Crippen molar-refractivity contribution in [1.82, 2.24) is 4.90 Å². The molecule has 5 heteroatoms. The molecule has 0 aliphatic heterocycles. The van der Waals surface area contributed by atoms with E-state index in [1.807, 2.05) is 20.8 Å². The topological polar surface area (TPSA) is 72.6 Å². The molecule has 1 atom stereocenters. The minimum absolute atomic E-state index is 0.0111.